The summed E-state index contributed by atoms with van der Waals surface area (Å²) >= 11 is 11.9. The van der Waals surface area contributed by atoms with Crippen LogP contribution < -0.4 is 11.1 Å². The van der Waals surface area contributed by atoms with Gasteiger partial charge in [0.2, 0.25) is 5.91 Å². The third-order valence-electron chi connectivity index (χ3n) is 3.72. The highest BCUT2D eigenvalue weighted by molar-refractivity contribution is 6.35. The van der Waals surface area contributed by atoms with Crippen molar-refractivity contribution in [2.45, 2.75) is 37.6 Å². The number of hydrogen-bond acceptors (Lipinski definition) is 2. The average Bonchev–Trinajstić information content (AvgIpc) is 2.82. The van der Waals surface area contributed by atoms with Crippen molar-refractivity contribution in [2.24, 2.45) is 5.73 Å². The van der Waals surface area contributed by atoms with Crippen molar-refractivity contribution in [1.29, 1.82) is 0 Å². The molecule has 6 heteroatoms. The fraction of sp³-hybridized carbons (Fsp3) is 0.500. The van der Waals surface area contributed by atoms with E-state index in [0.29, 0.717) is 16.6 Å². The zero-order valence-corrected chi connectivity index (χ0v) is 13.5. The molecule has 2 rings (SSSR count). The second kappa shape index (κ2) is 7.51. The van der Waals surface area contributed by atoms with E-state index >= 15 is 0 Å². The van der Waals surface area contributed by atoms with Gasteiger partial charge in [0.25, 0.3) is 0 Å². The zero-order chi connectivity index (χ0) is 13.9. The van der Waals surface area contributed by atoms with Crippen LogP contribution in [-0.4, -0.2) is 18.0 Å². The summed E-state index contributed by atoms with van der Waals surface area (Å²) in [4.78, 5) is 12.1. The molecule has 1 aliphatic carbocycles. The van der Waals surface area contributed by atoms with Crippen LogP contribution in [0.4, 0.5) is 0 Å². The lowest BCUT2D eigenvalue weighted by atomic mass is 9.97. The molecule has 0 saturated heterocycles. The predicted octanol–water partition coefficient (Wildman–Crippen LogP) is 3.35. The van der Waals surface area contributed by atoms with E-state index in [-0.39, 0.29) is 30.3 Å². The summed E-state index contributed by atoms with van der Waals surface area (Å²) in [5, 5.41) is 4.17. The monoisotopic (exact) mass is 336 g/mol. The number of carbonyl (C=O) groups excluding carboxylic acids is 1. The smallest absolute Gasteiger partial charge is 0.224 e. The van der Waals surface area contributed by atoms with Gasteiger partial charge in [-0.3, -0.25) is 4.79 Å². The molecule has 0 unspecified atom stereocenters. The minimum Gasteiger partial charge on any atom is -0.349 e. The van der Waals surface area contributed by atoms with Crippen molar-refractivity contribution in [1.82, 2.24) is 5.32 Å². The lowest BCUT2D eigenvalue weighted by Gasteiger charge is -2.28. The predicted molar refractivity (Wildman–Crippen MR) is 85.8 cm³/mol. The van der Waals surface area contributed by atoms with Crippen molar-refractivity contribution < 1.29 is 4.79 Å². The van der Waals surface area contributed by atoms with E-state index < -0.39 is 0 Å². The number of amides is 1. The largest absolute Gasteiger partial charge is 0.349 e. The number of carbonyl (C=O) groups is 1. The Morgan fingerprint density at radius 2 is 1.95 bits per heavy atom. The number of hydrogen-bond donors (Lipinski definition) is 2. The second-order valence-electron chi connectivity index (χ2n) is 5.15. The molecule has 0 aliphatic heterocycles. The number of rotatable bonds is 4. The summed E-state index contributed by atoms with van der Waals surface area (Å²) < 4.78 is 0. The molecule has 0 heterocycles. The molecule has 0 aromatic heterocycles. The molecule has 1 aromatic rings. The molecule has 0 atom stereocenters. The van der Waals surface area contributed by atoms with E-state index in [1.807, 2.05) is 0 Å². The lowest BCUT2D eigenvalue weighted by Crippen LogP contribution is -2.52. The van der Waals surface area contributed by atoms with Crippen molar-refractivity contribution in [2.75, 3.05) is 6.54 Å². The Morgan fingerprint density at radius 1 is 1.30 bits per heavy atom. The van der Waals surface area contributed by atoms with Crippen LogP contribution in [-0.2, 0) is 11.2 Å². The van der Waals surface area contributed by atoms with Crippen LogP contribution in [0.3, 0.4) is 0 Å². The van der Waals surface area contributed by atoms with Crippen LogP contribution in [0.1, 0.15) is 31.2 Å². The molecule has 3 N–H and O–H groups in total. The lowest BCUT2D eigenvalue weighted by molar-refractivity contribution is -0.122. The SMILES string of the molecule is Cl.NCC1(NC(=O)Cc2ccc(Cl)cc2Cl)CCCC1. The standard InChI is InChI=1S/C14H18Cl2N2O.ClH/c15-11-4-3-10(12(16)8-11)7-13(19)18-14(9-17)5-1-2-6-14;/h3-4,8H,1-2,5-7,9,17H2,(H,18,19);1H. The Bertz CT molecular complexity index is 473. The molecule has 20 heavy (non-hydrogen) atoms. The van der Waals surface area contributed by atoms with Crippen LogP contribution in [0.25, 0.3) is 0 Å². The first-order chi connectivity index (χ1) is 9.04. The molecule has 1 amide bonds. The van der Waals surface area contributed by atoms with Crippen LogP contribution in [0.5, 0.6) is 0 Å². The van der Waals surface area contributed by atoms with Crippen LogP contribution in [0, 0.1) is 0 Å². The number of nitrogens with one attached hydrogen (secondary N) is 1. The zero-order valence-electron chi connectivity index (χ0n) is 11.1. The van der Waals surface area contributed by atoms with Gasteiger partial charge >= 0.3 is 0 Å². The Kier molecular flexibility index (Phi) is 6.59. The normalized spacial score (nSPS) is 16.6. The first-order valence-electron chi connectivity index (χ1n) is 6.50. The third-order valence-corrected chi connectivity index (χ3v) is 4.31. The molecule has 1 aromatic carbocycles. The third kappa shape index (κ3) is 4.26. The van der Waals surface area contributed by atoms with Gasteiger partial charge in [0.15, 0.2) is 0 Å². The fourth-order valence-corrected chi connectivity index (χ4v) is 3.09. The number of halogens is 3. The molecule has 0 spiro atoms. The molecular weight excluding hydrogens is 319 g/mol. The Balaban J connectivity index is 0.00000200. The van der Waals surface area contributed by atoms with Gasteiger partial charge in [-0.1, -0.05) is 42.1 Å². The topological polar surface area (TPSA) is 55.1 Å². The molecule has 1 fully saturated rings. The highest BCUT2D eigenvalue weighted by Gasteiger charge is 2.33. The minimum atomic E-state index is -0.212. The first kappa shape index (κ1) is 17.6. The maximum atomic E-state index is 12.1. The average molecular weight is 338 g/mol. The summed E-state index contributed by atoms with van der Waals surface area (Å²) in [6.07, 6.45) is 4.43. The van der Waals surface area contributed by atoms with Crippen molar-refractivity contribution >= 4 is 41.5 Å². The molecule has 112 valence electrons. The van der Waals surface area contributed by atoms with E-state index in [0.717, 1.165) is 31.2 Å². The van der Waals surface area contributed by atoms with Crippen LogP contribution in [0.2, 0.25) is 10.0 Å². The Labute approximate surface area is 135 Å². The van der Waals surface area contributed by atoms with Crippen molar-refractivity contribution in [3.05, 3.63) is 33.8 Å². The Hall–Kier alpha value is -0.480. The summed E-state index contributed by atoms with van der Waals surface area (Å²) in [6.45, 7) is 0.493. The molecule has 1 saturated carbocycles. The van der Waals surface area contributed by atoms with E-state index in [1.54, 1.807) is 18.2 Å². The molecule has 0 bridgehead atoms. The summed E-state index contributed by atoms with van der Waals surface area (Å²) in [7, 11) is 0. The van der Waals surface area contributed by atoms with Crippen LogP contribution >= 0.6 is 35.6 Å². The number of benzene rings is 1. The maximum absolute atomic E-state index is 12.1. The second-order valence-corrected chi connectivity index (χ2v) is 6.00. The van der Waals surface area contributed by atoms with Gasteiger partial charge in [0, 0.05) is 16.6 Å². The maximum Gasteiger partial charge on any atom is 0.224 e. The van der Waals surface area contributed by atoms with Gasteiger partial charge in [-0.15, -0.1) is 12.4 Å². The van der Waals surface area contributed by atoms with Gasteiger partial charge < -0.3 is 11.1 Å². The molecule has 1 aliphatic rings. The van der Waals surface area contributed by atoms with Gasteiger partial charge in [-0.25, -0.2) is 0 Å². The highest BCUT2D eigenvalue weighted by Crippen LogP contribution is 2.29. The van der Waals surface area contributed by atoms with Gasteiger partial charge in [0.05, 0.1) is 12.0 Å². The Morgan fingerprint density at radius 3 is 2.50 bits per heavy atom. The van der Waals surface area contributed by atoms with E-state index in [2.05, 4.69) is 5.32 Å². The summed E-state index contributed by atoms with van der Waals surface area (Å²) in [6, 6.07) is 5.18. The van der Waals surface area contributed by atoms with Gasteiger partial charge in [-0.05, 0) is 30.5 Å². The molecule has 3 nitrogen and oxygen atoms in total. The van der Waals surface area contributed by atoms with Crippen molar-refractivity contribution in [3.8, 4) is 0 Å². The van der Waals surface area contributed by atoms with Crippen LogP contribution in [0.15, 0.2) is 18.2 Å². The fourth-order valence-electron chi connectivity index (χ4n) is 2.61. The number of nitrogens with two attached hydrogens (primary N) is 1. The summed E-state index contributed by atoms with van der Waals surface area (Å²) in [5.41, 5.74) is 6.38. The van der Waals surface area contributed by atoms with Crippen molar-refractivity contribution in [3.63, 3.8) is 0 Å². The van der Waals surface area contributed by atoms with Gasteiger partial charge in [-0.2, -0.15) is 0 Å². The molecule has 0 radical (unpaired) electrons. The minimum absolute atomic E-state index is 0. The highest BCUT2D eigenvalue weighted by atomic mass is 35.5. The van der Waals surface area contributed by atoms with E-state index in [9.17, 15) is 4.79 Å². The first-order valence-corrected chi connectivity index (χ1v) is 7.25. The van der Waals surface area contributed by atoms with E-state index in [1.165, 1.54) is 0 Å². The quantitative estimate of drug-likeness (QED) is 0.885. The van der Waals surface area contributed by atoms with E-state index in [4.69, 9.17) is 28.9 Å². The van der Waals surface area contributed by atoms with Gasteiger partial charge in [0.1, 0.15) is 0 Å². The molecular formula is C14H19Cl3N2O. The summed E-state index contributed by atoms with van der Waals surface area (Å²) in [5.74, 6) is -0.0310.